The number of carbonyl (C=O) groups excluding carboxylic acids is 2. The van der Waals surface area contributed by atoms with Crippen LogP contribution in [0.1, 0.15) is 19.0 Å². The van der Waals surface area contributed by atoms with Gasteiger partial charge in [0.25, 0.3) is 0 Å². The van der Waals surface area contributed by atoms with Gasteiger partial charge in [-0.3, -0.25) is 10.1 Å². The summed E-state index contributed by atoms with van der Waals surface area (Å²) in [6.45, 7) is 4.46. The maximum absolute atomic E-state index is 12.1. The molecule has 1 aromatic carbocycles. The summed E-state index contributed by atoms with van der Waals surface area (Å²) in [5.74, 6) is 0.680. The summed E-state index contributed by atoms with van der Waals surface area (Å²) < 4.78 is 0. The van der Waals surface area contributed by atoms with Crippen LogP contribution in [0.3, 0.4) is 0 Å². The Kier molecular flexibility index (Phi) is 7.63. The van der Waals surface area contributed by atoms with Crippen LogP contribution in [0.4, 0.5) is 22.2 Å². The van der Waals surface area contributed by atoms with Gasteiger partial charge < -0.3 is 16.0 Å². The van der Waals surface area contributed by atoms with E-state index in [2.05, 4.69) is 31.2 Å². The molecule has 0 spiro atoms. The summed E-state index contributed by atoms with van der Waals surface area (Å²) >= 11 is 11.8. The van der Waals surface area contributed by atoms with E-state index in [1.807, 2.05) is 0 Å². The van der Waals surface area contributed by atoms with E-state index in [1.165, 1.54) is 6.92 Å². The van der Waals surface area contributed by atoms with Crippen molar-refractivity contribution < 1.29 is 9.59 Å². The van der Waals surface area contributed by atoms with Gasteiger partial charge in [0, 0.05) is 37.5 Å². The third kappa shape index (κ3) is 7.28. The summed E-state index contributed by atoms with van der Waals surface area (Å²) in [6, 6.07) is 6.03. The summed E-state index contributed by atoms with van der Waals surface area (Å²) in [4.78, 5) is 31.4. The molecule has 4 N–H and O–H groups in total. The van der Waals surface area contributed by atoms with E-state index in [-0.39, 0.29) is 11.9 Å². The second-order valence-electron chi connectivity index (χ2n) is 5.69. The average Bonchev–Trinajstić information content (AvgIpc) is 2.57. The summed E-state index contributed by atoms with van der Waals surface area (Å²) in [5.41, 5.74) is 1.19. The van der Waals surface area contributed by atoms with Crippen molar-refractivity contribution >= 4 is 52.6 Å². The van der Waals surface area contributed by atoms with Gasteiger partial charge in [-0.2, -0.15) is 4.98 Å². The van der Waals surface area contributed by atoms with E-state index in [0.717, 1.165) is 6.42 Å². The second kappa shape index (κ2) is 9.94. The van der Waals surface area contributed by atoms with Crippen LogP contribution in [0.5, 0.6) is 0 Å². The maximum atomic E-state index is 12.1. The van der Waals surface area contributed by atoms with Gasteiger partial charge in [-0.25, -0.2) is 9.78 Å². The van der Waals surface area contributed by atoms with E-state index in [9.17, 15) is 9.59 Å². The molecule has 3 amide bonds. The molecule has 2 rings (SSSR count). The minimum Gasteiger partial charge on any atom is -0.370 e. The standard InChI is InChI=1S/C17H20Cl2N6O2/c1-10-8-15(21-7-3-6-20-11(2)26)24-16(22-10)25-17(27)23-12-4-5-13(18)14(19)9-12/h4-5,8-9H,3,6-7H2,1-2H3,(H,20,26)(H3,21,22,23,24,25,27). The normalized spacial score (nSPS) is 10.2. The molecule has 0 unspecified atom stereocenters. The van der Waals surface area contributed by atoms with Crippen LogP contribution in [-0.2, 0) is 4.79 Å². The monoisotopic (exact) mass is 410 g/mol. The first-order chi connectivity index (χ1) is 12.8. The first-order valence-electron chi connectivity index (χ1n) is 8.20. The molecule has 0 atom stereocenters. The van der Waals surface area contributed by atoms with Crippen LogP contribution in [0.15, 0.2) is 24.3 Å². The van der Waals surface area contributed by atoms with Crippen LogP contribution in [0.2, 0.25) is 10.0 Å². The number of nitrogens with one attached hydrogen (secondary N) is 4. The average molecular weight is 411 g/mol. The first kappa shape index (κ1) is 20.7. The highest BCUT2D eigenvalue weighted by Gasteiger charge is 2.08. The third-order valence-corrected chi connectivity index (χ3v) is 4.03. The van der Waals surface area contributed by atoms with E-state index >= 15 is 0 Å². The molecule has 1 aromatic heterocycles. The SMILES string of the molecule is CC(=O)NCCCNc1cc(C)nc(NC(=O)Nc2ccc(Cl)c(Cl)c2)n1. The van der Waals surface area contributed by atoms with Gasteiger partial charge in [-0.05, 0) is 31.5 Å². The zero-order valence-corrected chi connectivity index (χ0v) is 16.4. The number of benzene rings is 1. The number of aromatic nitrogens is 2. The molecule has 0 bridgehead atoms. The van der Waals surface area contributed by atoms with Gasteiger partial charge in [0.15, 0.2) is 0 Å². The van der Waals surface area contributed by atoms with Crippen LogP contribution in [-0.4, -0.2) is 35.0 Å². The quantitative estimate of drug-likeness (QED) is 0.520. The van der Waals surface area contributed by atoms with Crippen LogP contribution in [0.25, 0.3) is 0 Å². The van der Waals surface area contributed by atoms with Gasteiger partial charge in [0.1, 0.15) is 5.82 Å². The lowest BCUT2D eigenvalue weighted by molar-refractivity contribution is -0.118. The van der Waals surface area contributed by atoms with E-state index in [0.29, 0.717) is 40.3 Å². The number of aryl methyl sites for hydroxylation is 1. The number of nitrogens with zero attached hydrogens (tertiary/aromatic N) is 2. The van der Waals surface area contributed by atoms with Gasteiger partial charge in [0.05, 0.1) is 10.0 Å². The zero-order valence-electron chi connectivity index (χ0n) is 14.9. The fourth-order valence-corrected chi connectivity index (χ4v) is 2.42. The largest absolute Gasteiger partial charge is 0.370 e. The molecule has 0 aliphatic carbocycles. The molecule has 0 aliphatic rings. The van der Waals surface area contributed by atoms with Gasteiger partial charge in [-0.15, -0.1) is 0 Å². The summed E-state index contributed by atoms with van der Waals surface area (Å²) in [7, 11) is 0. The molecular formula is C17H20Cl2N6O2. The predicted molar refractivity (Wildman–Crippen MR) is 108 cm³/mol. The Labute approximate surface area is 167 Å². The molecule has 1 heterocycles. The Balaban J connectivity index is 1.91. The highest BCUT2D eigenvalue weighted by atomic mass is 35.5. The number of urea groups is 1. The second-order valence-corrected chi connectivity index (χ2v) is 6.50. The Morgan fingerprint density at radius 1 is 1.04 bits per heavy atom. The van der Waals surface area contributed by atoms with Crippen molar-refractivity contribution in [1.29, 1.82) is 0 Å². The third-order valence-electron chi connectivity index (χ3n) is 3.29. The minimum absolute atomic E-state index is 0.0626. The van der Waals surface area contributed by atoms with Crippen molar-refractivity contribution in [2.75, 3.05) is 29.0 Å². The fraction of sp³-hybridized carbons (Fsp3) is 0.294. The summed E-state index contributed by atoms with van der Waals surface area (Å²) in [5, 5.41) is 11.8. The zero-order chi connectivity index (χ0) is 19.8. The number of carbonyl (C=O) groups is 2. The van der Waals surface area contributed by atoms with Gasteiger partial charge in [0.2, 0.25) is 11.9 Å². The Morgan fingerprint density at radius 2 is 1.81 bits per heavy atom. The number of amides is 3. The molecule has 0 aliphatic heterocycles. The van der Waals surface area contributed by atoms with Crippen molar-refractivity contribution in [2.45, 2.75) is 20.3 Å². The highest BCUT2D eigenvalue weighted by Crippen LogP contribution is 2.25. The number of halogens is 2. The fourth-order valence-electron chi connectivity index (χ4n) is 2.12. The van der Waals surface area contributed by atoms with Crippen molar-refractivity contribution in [2.24, 2.45) is 0 Å². The van der Waals surface area contributed by atoms with Crippen LogP contribution >= 0.6 is 23.2 Å². The number of rotatable bonds is 7. The van der Waals surface area contributed by atoms with Crippen molar-refractivity contribution in [3.05, 3.63) is 40.0 Å². The van der Waals surface area contributed by atoms with Gasteiger partial charge >= 0.3 is 6.03 Å². The molecule has 0 saturated heterocycles. The minimum atomic E-state index is -0.504. The maximum Gasteiger partial charge on any atom is 0.326 e. The smallest absolute Gasteiger partial charge is 0.326 e. The van der Waals surface area contributed by atoms with E-state index in [1.54, 1.807) is 31.2 Å². The molecule has 10 heteroatoms. The van der Waals surface area contributed by atoms with Crippen molar-refractivity contribution in [1.82, 2.24) is 15.3 Å². The van der Waals surface area contributed by atoms with Crippen LogP contribution in [0, 0.1) is 6.92 Å². The highest BCUT2D eigenvalue weighted by molar-refractivity contribution is 6.42. The number of anilines is 3. The lowest BCUT2D eigenvalue weighted by atomic mass is 10.3. The van der Waals surface area contributed by atoms with Gasteiger partial charge in [-0.1, -0.05) is 23.2 Å². The molecule has 0 radical (unpaired) electrons. The molecule has 144 valence electrons. The molecule has 27 heavy (non-hydrogen) atoms. The molecule has 2 aromatic rings. The van der Waals surface area contributed by atoms with Crippen molar-refractivity contribution in [3.63, 3.8) is 0 Å². The molecule has 0 saturated carbocycles. The van der Waals surface area contributed by atoms with Crippen LogP contribution < -0.4 is 21.3 Å². The molecule has 0 fully saturated rings. The number of hydrogen-bond acceptors (Lipinski definition) is 5. The number of hydrogen-bond donors (Lipinski definition) is 4. The topological polar surface area (TPSA) is 108 Å². The lowest BCUT2D eigenvalue weighted by Crippen LogP contribution is -2.23. The Hall–Kier alpha value is -2.58. The van der Waals surface area contributed by atoms with E-state index < -0.39 is 6.03 Å². The van der Waals surface area contributed by atoms with E-state index in [4.69, 9.17) is 23.2 Å². The lowest BCUT2D eigenvalue weighted by Gasteiger charge is -2.10. The molecule has 8 nitrogen and oxygen atoms in total. The Bertz CT molecular complexity index is 831. The first-order valence-corrected chi connectivity index (χ1v) is 8.96. The molecular weight excluding hydrogens is 391 g/mol. The van der Waals surface area contributed by atoms with Crippen molar-refractivity contribution in [3.8, 4) is 0 Å². The summed E-state index contributed by atoms with van der Waals surface area (Å²) in [6.07, 6.45) is 0.739. The Morgan fingerprint density at radius 3 is 2.52 bits per heavy atom. The predicted octanol–water partition coefficient (Wildman–Crippen LogP) is 3.67.